The van der Waals surface area contributed by atoms with Crippen LogP contribution in [-0.2, 0) is 0 Å². The standard InChI is InChI=1S/C16H14N4O2/c1-10-4-6-12(7-5-10)19-16(21)13-14(20-22-15(13)17)11-3-2-8-18-9-11/h2-9H,17H2,1H3,(H,19,21). The fourth-order valence-electron chi connectivity index (χ4n) is 2.05. The average Bonchev–Trinajstić information content (AvgIpc) is 2.92. The number of carbonyl (C=O) groups excluding carboxylic acids is 1. The molecule has 0 fully saturated rings. The van der Waals surface area contributed by atoms with Gasteiger partial charge in [-0.3, -0.25) is 9.78 Å². The van der Waals surface area contributed by atoms with Crippen molar-refractivity contribution in [3.63, 3.8) is 0 Å². The van der Waals surface area contributed by atoms with Gasteiger partial charge in [-0.2, -0.15) is 0 Å². The summed E-state index contributed by atoms with van der Waals surface area (Å²) >= 11 is 0. The lowest BCUT2D eigenvalue weighted by Crippen LogP contribution is -2.14. The second-order valence-corrected chi connectivity index (χ2v) is 4.83. The fraction of sp³-hybridized carbons (Fsp3) is 0.0625. The maximum atomic E-state index is 12.5. The minimum absolute atomic E-state index is 0.0246. The molecule has 0 bridgehead atoms. The highest BCUT2D eigenvalue weighted by molar-refractivity contribution is 6.10. The number of carbonyl (C=O) groups is 1. The Morgan fingerprint density at radius 3 is 2.68 bits per heavy atom. The Morgan fingerprint density at radius 2 is 2.00 bits per heavy atom. The zero-order valence-electron chi connectivity index (χ0n) is 11.9. The first-order valence-corrected chi connectivity index (χ1v) is 6.68. The number of aromatic nitrogens is 2. The van der Waals surface area contributed by atoms with Gasteiger partial charge in [0.2, 0.25) is 5.88 Å². The Bertz CT molecular complexity index is 795. The van der Waals surface area contributed by atoms with Gasteiger partial charge in [-0.05, 0) is 31.2 Å². The number of nitrogens with one attached hydrogen (secondary N) is 1. The van der Waals surface area contributed by atoms with Crippen LogP contribution < -0.4 is 11.1 Å². The van der Waals surface area contributed by atoms with Crippen LogP contribution in [0.1, 0.15) is 15.9 Å². The molecule has 0 radical (unpaired) electrons. The molecular formula is C16H14N4O2. The fourth-order valence-corrected chi connectivity index (χ4v) is 2.05. The third-order valence-corrected chi connectivity index (χ3v) is 3.19. The third-order valence-electron chi connectivity index (χ3n) is 3.19. The van der Waals surface area contributed by atoms with Crippen LogP contribution in [0.15, 0.2) is 53.3 Å². The molecule has 3 N–H and O–H groups in total. The lowest BCUT2D eigenvalue weighted by Gasteiger charge is -2.05. The highest BCUT2D eigenvalue weighted by Crippen LogP contribution is 2.27. The zero-order chi connectivity index (χ0) is 15.5. The normalized spacial score (nSPS) is 10.4. The van der Waals surface area contributed by atoms with E-state index in [0.29, 0.717) is 16.9 Å². The molecule has 0 unspecified atom stereocenters. The zero-order valence-corrected chi connectivity index (χ0v) is 11.9. The molecule has 6 heteroatoms. The molecule has 6 nitrogen and oxygen atoms in total. The number of rotatable bonds is 3. The van der Waals surface area contributed by atoms with Gasteiger partial charge in [-0.15, -0.1) is 0 Å². The predicted molar refractivity (Wildman–Crippen MR) is 83.3 cm³/mol. The SMILES string of the molecule is Cc1ccc(NC(=O)c2c(-c3cccnc3)noc2N)cc1. The van der Waals surface area contributed by atoms with Crippen LogP contribution in [0.25, 0.3) is 11.3 Å². The molecule has 0 aliphatic rings. The van der Waals surface area contributed by atoms with Gasteiger partial charge in [0.1, 0.15) is 11.3 Å². The molecule has 0 spiro atoms. The van der Waals surface area contributed by atoms with Crippen LogP contribution in [0.2, 0.25) is 0 Å². The lowest BCUT2D eigenvalue weighted by atomic mass is 10.1. The van der Waals surface area contributed by atoms with Crippen molar-refractivity contribution in [3.8, 4) is 11.3 Å². The van der Waals surface area contributed by atoms with Gasteiger partial charge in [0.05, 0.1) is 0 Å². The van der Waals surface area contributed by atoms with Crippen molar-refractivity contribution in [2.75, 3.05) is 11.1 Å². The van der Waals surface area contributed by atoms with E-state index in [2.05, 4.69) is 15.5 Å². The molecule has 2 heterocycles. The van der Waals surface area contributed by atoms with E-state index in [4.69, 9.17) is 10.3 Å². The Balaban J connectivity index is 1.93. The topological polar surface area (TPSA) is 94.0 Å². The summed E-state index contributed by atoms with van der Waals surface area (Å²) in [5.74, 6) is -0.398. The van der Waals surface area contributed by atoms with E-state index >= 15 is 0 Å². The van der Waals surface area contributed by atoms with Crippen molar-refractivity contribution in [3.05, 3.63) is 59.9 Å². The lowest BCUT2D eigenvalue weighted by molar-refractivity contribution is 0.102. The van der Waals surface area contributed by atoms with Crippen molar-refractivity contribution in [2.24, 2.45) is 0 Å². The van der Waals surface area contributed by atoms with Crippen LogP contribution in [0.3, 0.4) is 0 Å². The maximum absolute atomic E-state index is 12.5. The van der Waals surface area contributed by atoms with Gasteiger partial charge in [0.15, 0.2) is 0 Å². The molecule has 1 amide bonds. The molecule has 22 heavy (non-hydrogen) atoms. The van der Waals surface area contributed by atoms with Crippen molar-refractivity contribution in [1.29, 1.82) is 0 Å². The number of nitrogen functional groups attached to an aromatic ring is 1. The molecule has 110 valence electrons. The highest BCUT2D eigenvalue weighted by atomic mass is 16.5. The minimum atomic E-state index is -0.374. The Hall–Kier alpha value is -3.15. The number of hydrogen-bond acceptors (Lipinski definition) is 5. The van der Waals surface area contributed by atoms with E-state index in [1.54, 1.807) is 24.5 Å². The molecule has 3 rings (SSSR count). The first-order valence-electron chi connectivity index (χ1n) is 6.68. The van der Waals surface area contributed by atoms with Gasteiger partial charge in [-0.1, -0.05) is 22.9 Å². The quantitative estimate of drug-likeness (QED) is 0.774. The van der Waals surface area contributed by atoms with E-state index in [0.717, 1.165) is 5.56 Å². The summed E-state index contributed by atoms with van der Waals surface area (Å²) in [4.78, 5) is 16.5. The largest absolute Gasteiger partial charge is 0.367 e. The second kappa shape index (κ2) is 5.69. The van der Waals surface area contributed by atoms with Crippen LogP contribution in [-0.4, -0.2) is 16.0 Å². The predicted octanol–water partition coefficient (Wildman–Crippen LogP) is 2.88. The van der Waals surface area contributed by atoms with Crippen molar-refractivity contribution >= 4 is 17.5 Å². The summed E-state index contributed by atoms with van der Waals surface area (Å²) in [5.41, 5.74) is 8.77. The van der Waals surface area contributed by atoms with Gasteiger partial charge >= 0.3 is 0 Å². The number of amides is 1. The Morgan fingerprint density at radius 1 is 1.23 bits per heavy atom. The number of hydrogen-bond donors (Lipinski definition) is 2. The van der Waals surface area contributed by atoms with E-state index < -0.39 is 0 Å². The van der Waals surface area contributed by atoms with Gasteiger partial charge < -0.3 is 15.6 Å². The van der Waals surface area contributed by atoms with Crippen molar-refractivity contribution in [1.82, 2.24) is 10.1 Å². The van der Waals surface area contributed by atoms with Gasteiger partial charge in [-0.25, -0.2) is 0 Å². The summed E-state index contributed by atoms with van der Waals surface area (Å²) in [5, 5.41) is 6.65. The molecule has 0 saturated heterocycles. The Kier molecular flexibility index (Phi) is 3.57. The number of anilines is 2. The molecule has 3 aromatic rings. The van der Waals surface area contributed by atoms with Crippen LogP contribution in [0.4, 0.5) is 11.6 Å². The summed E-state index contributed by atoms with van der Waals surface area (Å²) in [6, 6.07) is 11.0. The maximum Gasteiger partial charge on any atom is 0.263 e. The monoisotopic (exact) mass is 294 g/mol. The van der Waals surface area contributed by atoms with Crippen LogP contribution in [0, 0.1) is 6.92 Å². The van der Waals surface area contributed by atoms with E-state index in [9.17, 15) is 4.79 Å². The molecule has 1 aromatic carbocycles. The molecule has 2 aromatic heterocycles. The van der Waals surface area contributed by atoms with Crippen LogP contribution >= 0.6 is 0 Å². The van der Waals surface area contributed by atoms with Crippen molar-refractivity contribution < 1.29 is 9.32 Å². The molecule has 0 aliphatic carbocycles. The molecule has 0 saturated carbocycles. The summed E-state index contributed by atoms with van der Waals surface area (Å²) < 4.78 is 4.97. The third kappa shape index (κ3) is 2.67. The highest BCUT2D eigenvalue weighted by Gasteiger charge is 2.22. The summed E-state index contributed by atoms with van der Waals surface area (Å²) in [6.07, 6.45) is 3.24. The van der Waals surface area contributed by atoms with Gasteiger partial charge in [0, 0.05) is 23.6 Å². The number of aryl methyl sites for hydroxylation is 1. The molecular weight excluding hydrogens is 280 g/mol. The van der Waals surface area contributed by atoms with E-state index in [1.807, 2.05) is 31.2 Å². The number of benzene rings is 1. The first-order chi connectivity index (χ1) is 10.6. The first kappa shape index (κ1) is 13.8. The van der Waals surface area contributed by atoms with E-state index in [1.165, 1.54) is 0 Å². The number of nitrogens with zero attached hydrogens (tertiary/aromatic N) is 2. The molecule has 0 atom stereocenters. The van der Waals surface area contributed by atoms with E-state index in [-0.39, 0.29) is 17.4 Å². The Labute approximate surface area is 127 Å². The second-order valence-electron chi connectivity index (χ2n) is 4.83. The van der Waals surface area contributed by atoms with Crippen molar-refractivity contribution in [2.45, 2.75) is 6.92 Å². The van der Waals surface area contributed by atoms with Crippen LogP contribution in [0.5, 0.6) is 0 Å². The smallest absolute Gasteiger partial charge is 0.263 e. The summed E-state index contributed by atoms with van der Waals surface area (Å²) in [7, 11) is 0. The van der Waals surface area contributed by atoms with Gasteiger partial charge in [0.25, 0.3) is 5.91 Å². The minimum Gasteiger partial charge on any atom is -0.367 e. The summed E-state index contributed by atoms with van der Waals surface area (Å²) in [6.45, 7) is 1.98. The number of pyridine rings is 1. The molecule has 0 aliphatic heterocycles. The average molecular weight is 294 g/mol. The number of nitrogens with two attached hydrogens (primary N) is 1.